The molecule has 0 bridgehead atoms. The van der Waals surface area contributed by atoms with Gasteiger partial charge in [0.05, 0.1) is 25.4 Å². The summed E-state index contributed by atoms with van der Waals surface area (Å²) in [7, 11) is 2.10. The van der Waals surface area contributed by atoms with Crippen LogP contribution < -0.4 is 10.5 Å². The largest absolute Gasteiger partial charge is 0.494 e. The zero-order valence-corrected chi connectivity index (χ0v) is 11.1. The van der Waals surface area contributed by atoms with Crippen LogP contribution in [-0.2, 0) is 4.74 Å². The Morgan fingerprint density at radius 1 is 1.56 bits per heavy atom. The van der Waals surface area contributed by atoms with Crippen molar-refractivity contribution in [1.82, 2.24) is 4.90 Å². The lowest BCUT2D eigenvalue weighted by molar-refractivity contribution is -0.0326. The number of benzene rings is 1. The molecule has 4 heteroatoms. The maximum absolute atomic E-state index is 6.29. The molecular weight excluding hydrogens is 228 g/mol. The van der Waals surface area contributed by atoms with Crippen LogP contribution in [0, 0.1) is 0 Å². The zero-order valence-electron chi connectivity index (χ0n) is 11.1. The molecule has 1 aliphatic rings. The van der Waals surface area contributed by atoms with Gasteiger partial charge in [-0.25, -0.2) is 0 Å². The SMILES string of the molecule is CCOc1cccc(C(N)C2CN(C)CCO2)c1. The summed E-state index contributed by atoms with van der Waals surface area (Å²) >= 11 is 0. The molecule has 1 aromatic rings. The molecule has 0 amide bonds. The van der Waals surface area contributed by atoms with Crippen LogP contribution in [0.3, 0.4) is 0 Å². The van der Waals surface area contributed by atoms with Gasteiger partial charge in [-0.2, -0.15) is 0 Å². The van der Waals surface area contributed by atoms with Crippen LogP contribution in [0.15, 0.2) is 24.3 Å². The van der Waals surface area contributed by atoms with Crippen LogP contribution in [0.25, 0.3) is 0 Å². The minimum Gasteiger partial charge on any atom is -0.494 e. The molecule has 1 aliphatic heterocycles. The summed E-state index contributed by atoms with van der Waals surface area (Å²) < 4.78 is 11.3. The fourth-order valence-electron chi connectivity index (χ4n) is 2.22. The number of nitrogens with two attached hydrogens (primary N) is 1. The summed E-state index contributed by atoms with van der Waals surface area (Å²) in [6.07, 6.45) is 0.0561. The maximum atomic E-state index is 6.29. The molecule has 1 aromatic carbocycles. The van der Waals surface area contributed by atoms with Crippen molar-refractivity contribution in [2.45, 2.75) is 19.1 Å². The Labute approximate surface area is 109 Å². The zero-order chi connectivity index (χ0) is 13.0. The number of hydrogen-bond donors (Lipinski definition) is 1. The Bertz CT molecular complexity index is 384. The molecular formula is C14H22N2O2. The molecule has 0 radical (unpaired) electrons. The van der Waals surface area contributed by atoms with Crippen molar-refractivity contribution in [3.8, 4) is 5.75 Å². The maximum Gasteiger partial charge on any atom is 0.119 e. The molecule has 4 nitrogen and oxygen atoms in total. The van der Waals surface area contributed by atoms with Gasteiger partial charge in [-0.3, -0.25) is 0 Å². The monoisotopic (exact) mass is 250 g/mol. The van der Waals surface area contributed by atoms with Gasteiger partial charge in [-0.1, -0.05) is 12.1 Å². The first-order valence-corrected chi connectivity index (χ1v) is 6.49. The average Bonchev–Trinajstić information content (AvgIpc) is 2.39. The summed E-state index contributed by atoms with van der Waals surface area (Å²) in [4.78, 5) is 2.25. The third kappa shape index (κ3) is 3.22. The second-order valence-corrected chi connectivity index (χ2v) is 4.70. The molecule has 0 spiro atoms. The van der Waals surface area contributed by atoms with Gasteiger partial charge >= 0.3 is 0 Å². The lowest BCUT2D eigenvalue weighted by atomic mass is 10.0. The molecule has 18 heavy (non-hydrogen) atoms. The van der Waals surface area contributed by atoms with Crippen molar-refractivity contribution >= 4 is 0 Å². The van der Waals surface area contributed by atoms with Gasteiger partial charge in [0.15, 0.2) is 0 Å². The van der Waals surface area contributed by atoms with Crippen molar-refractivity contribution in [1.29, 1.82) is 0 Å². The van der Waals surface area contributed by atoms with Crippen LogP contribution >= 0.6 is 0 Å². The minimum absolute atomic E-state index is 0.0561. The molecule has 100 valence electrons. The van der Waals surface area contributed by atoms with Gasteiger partial charge in [0, 0.05) is 13.1 Å². The highest BCUT2D eigenvalue weighted by molar-refractivity contribution is 5.31. The fraction of sp³-hybridized carbons (Fsp3) is 0.571. The number of likely N-dealkylation sites (N-methyl/N-ethyl adjacent to an activating group) is 1. The molecule has 1 saturated heterocycles. The summed E-state index contributed by atoms with van der Waals surface area (Å²) in [6, 6.07) is 7.87. The number of rotatable bonds is 4. The second-order valence-electron chi connectivity index (χ2n) is 4.70. The van der Waals surface area contributed by atoms with E-state index in [0.717, 1.165) is 31.0 Å². The van der Waals surface area contributed by atoms with E-state index in [1.807, 2.05) is 31.2 Å². The van der Waals surface area contributed by atoms with E-state index in [1.54, 1.807) is 0 Å². The number of ether oxygens (including phenoxy) is 2. The van der Waals surface area contributed by atoms with E-state index in [-0.39, 0.29) is 12.1 Å². The Morgan fingerprint density at radius 3 is 3.11 bits per heavy atom. The molecule has 0 saturated carbocycles. The third-order valence-electron chi connectivity index (χ3n) is 3.25. The summed E-state index contributed by atoms with van der Waals surface area (Å²) in [6.45, 7) is 5.25. The second kappa shape index (κ2) is 6.18. The van der Waals surface area contributed by atoms with Gasteiger partial charge in [0.2, 0.25) is 0 Å². The Morgan fingerprint density at radius 2 is 2.39 bits per heavy atom. The summed E-state index contributed by atoms with van der Waals surface area (Å²) in [5.74, 6) is 0.870. The Hall–Kier alpha value is -1.10. The standard InChI is InChI=1S/C14H22N2O2/c1-3-17-12-6-4-5-11(9-12)14(15)13-10-16(2)7-8-18-13/h4-6,9,13-14H,3,7-8,10,15H2,1-2H3. The number of hydrogen-bond acceptors (Lipinski definition) is 4. The lowest BCUT2D eigenvalue weighted by Gasteiger charge is -2.33. The van der Waals surface area contributed by atoms with Crippen molar-refractivity contribution < 1.29 is 9.47 Å². The molecule has 1 fully saturated rings. The van der Waals surface area contributed by atoms with Crippen molar-refractivity contribution in [3.05, 3.63) is 29.8 Å². The average molecular weight is 250 g/mol. The van der Waals surface area contributed by atoms with Gasteiger partial charge in [0.1, 0.15) is 5.75 Å². The topological polar surface area (TPSA) is 47.7 Å². The normalized spacial score (nSPS) is 22.7. The van der Waals surface area contributed by atoms with E-state index in [0.29, 0.717) is 6.61 Å². The fourth-order valence-corrected chi connectivity index (χ4v) is 2.22. The van der Waals surface area contributed by atoms with Gasteiger partial charge < -0.3 is 20.1 Å². The molecule has 2 atom stereocenters. The number of nitrogens with zero attached hydrogens (tertiary/aromatic N) is 1. The molecule has 0 aliphatic carbocycles. The van der Waals surface area contributed by atoms with E-state index in [9.17, 15) is 0 Å². The van der Waals surface area contributed by atoms with Crippen LogP contribution in [0.2, 0.25) is 0 Å². The van der Waals surface area contributed by atoms with E-state index < -0.39 is 0 Å². The summed E-state index contributed by atoms with van der Waals surface area (Å²) in [5.41, 5.74) is 7.36. The van der Waals surface area contributed by atoms with E-state index in [2.05, 4.69) is 11.9 Å². The lowest BCUT2D eigenvalue weighted by Crippen LogP contribution is -2.45. The third-order valence-corrected chi connectivity index (χ3v) is 3.25. The van der Waals surface area contributed by atoms with E-state index >= 15 is 0 Å². The quantitative estimate of drug-likeness (QED) is 0.878. The van der Waals surface area contributed by atoms with Crippen molar-refractivity contribution in [2.24, 2.45) is 5.73 Å². The molecule has 1 heterocycles. The van der Waals surface area contributed by atoms with E-state index in [4.69, 9.17) is 15.2 Å². The molecule has 2 rings (SSSR count). The van der Waals surface area contributed by atoms with Gasteiger partial charge in [-0.15, -0.1) is 0 Å². The smallest absolute Gasteiger partial charge is 0.119 e. The van der Waals surface area contributed by atoms with Crippen molar-refractivity contribution in [3.63, 3.8) is 0 Å². The van der Waals surface area contributed by atoms with Gasteiger partial charge in [-0.05, 0) is 31.7 Å². The first-order valence-electron chi connectivity index (χ1n) is 6.49. The first kappa shape index (κ1) is 13.3. The Kier molecular flexibility index (Phi) is 4.58. The molecule has 2 N–H and O–H groups in total. The van der Waals surface area contributed by atoms with Crippen LogP contribution in [0.1, 0.15) is 18.5 Å². The highest BCUT2D eigenvalue weighted by atomic mass is 16.5. The summed E-state index contributed by atoms with van der Waals surface area (Å²) in [5, 5.41) is 0. The van der Waals surface area contributed by atoms with Crippen LogP contribution in [-0.4, -0.2) is 44.4 Å². The molecule has 0 aromatic heterocycles. The van der Waals surface area contributed by atoms with Crippen LogP contribution in [0.4, 0.5) is 0 Å². The highest BCUT2D eigenvalue weighted by Crippen LogP contribution is 2.23. The highest BCUT2D eigenvalue weighted by Gasteiger charge is 2.25. The Balaban J connectivity index is 2.07. The number of morpholine rings is 1. The predicted octanol–water partition coefficient (Wildman–Crippen LogP) is 1.42. The van der Waals surface area contributed by atoms with Crippen molar-refractivity contribution in [2.75, 3.05) is 33.4 Å². The first-order chi connectivity index (χ1) is 8.70. The van der Waals surface area contributed by atoms with Gasteiger partial charge in [0.25, 0.3) is 0 Å². The minimum atomic E-state index is -0.104. The van der Waals surface area contributed by atoms with Crippen LogP contribution in [0.5, 0.6) is 5.75 Å². The molecule has 2 unspecified atom stereocenters. The van der Waals surface area contributed by atoms with E-state index in [1.165, 1.54) is 0 Å². The predicted molar refractivity (Wildman–Crippen MR) is 71.8 cm³/mol.